The number of rotatable bonds is 8. The molecule has 0 rings (SSSR count). The highest BCUT2D eigenvalue weighted by molar-refractivity contribution is 7.91. The van der Waals surface area contributed by atoms with Crippen molar-refractivity contribution in [3.05, 3.63) is 0 Å². The molecule has 0 heterocycles. The quantitative estimate of drug-likeness (QED) is 0.506. The van der Waals surface area contributed by atoms with E-state index in [0.29, 0.717) is 19.3 Å². The monoisotopic (exact) mass is 280 g/mol. The van der Waals surface area contributed by atoms with Crippen LogP contribution in [0.4, 0.5) is 13.2 Å². The highest BCUT2D eigenvalue weighted by Crippen LogP contribution is 2.22. The van der Waals surface area contributed by atoms with Gasteiger partial charge in [0.15, 0.2) is 0 Å². The molecule has 2 nitrogen and oxygen atoms in total. The Morgan fingerprint density at radius 2 is 1.50 bits per heavy atom. The van der Waals surface area contributed by atoms with Crippen molar-refractivity contribution in [3.63, 3.8) is 0 Å². The van der Waals surface area contributed by atoms with Crippen molar-refractivity contribution in [1.29, 1.82) is 0 Å². The molecule has 0 fully saturated rings. The second kappa shape index (κ2) is 7.37. The molecule has 0 aromatic carbocycles. The molecule has 0 unspecified atom stereocenters. The van der Waals surface area contributed by atoms with Gasteiger partial charge in [-0.05, 0) is 19.3 Å². The Morgan fingerprint density at radius 3 is 2.00 bits per heavy atom. The maximum Gasteiger partial charge on any atom is 0.389 e. The maximum absolute atomic E-state index is 11.8. The van der Waals surface area contributed by atoms with Crippen LogP contribution in [0.15, 0.2) is 0 Å². The van der Waals surface area contributed by atoms with Gasteiger partial charge in [0.1, 0.15) is 9.84 Å². The zero-order chi connectivity index (χ0) is 12.7. The minimum atomic E-state index is -4.14. The zero-order valence-electron chi connectivity index (χ0n) is 8.89. The van der Waals surface area contributed by atoms with Gasteiger partial charge < -0.3 is 0 Å². The lowest BCUT2D eigenvalue weighted by atomic mass is 10.2. The lowest BCUT2D eigenvalue weighted by molar-refractivity contribution is -0.135. The van der Waals surface area contributed by atoms with Gasteiger partial charge in [-0.3, -0.25) is 0 Å². The van der Waals surface area contributed by atoms with Gasteiger partial charge in [-0.25, -0.2) is 8.42 Å². The lowest BCUT2D eigenvalue weighted by Crippen LogP contribution is -2.12. The molecule has 16 heavy (non-hydrogen) atoms. The van der Waals surface area contributed by atoms with E-state index in [-0.39, 0.29) is 23.8 Å². The van der Waals surface area contributed by atoms with Crippen LogP contribution in [0.5, 0.6) is 0 Å². The van der Waals surface area contributed by atoms with E-state index < -0.39 is 22.4 Å². The van der Waals surface area contributed by atoms with Crippen molar-refractivity contribution in [1.82, 2.24) is 0 Å². The summed E-state index contributed by atoms with van der Waals surface area (Å²) >= 11 is 5.35. The van der Waals surface area contributed by atoms with Crippen molar-refractivity contribution in [2.75, 3.05) is 17.4 Å². The first kappa shape index (κ1) is 16.0. The van der Waals surface area contributed by atoms with Crippen LogP contribution in [0.3, 0.4) is 0 Å². The summed E-state index contributed by atoms with van der Waals surface area (Å²) in [6.07, 6.45) is -4.01. The molecule has 0 aliphatic rings. The van der Waals surface area contributed by atoms with Gasteiger partial charge in [-0.2, -0.15) is 13.2 Å². The Balaban J connectivity index is 3.58. The fourth-order valence-corrected chi connectivity index (χ4v) is 2.93. The highest BCUT2D eigenvalue weighted by Gasteiger charge is 2.25. The number of hydrogen-bond acceptors (Lipinski definition) is 2. The minimum absolute atomic E-state index is 0.00543. The van der Waals surface area contributed by atoms with Crippen LogP contribution in [-0.2, 0) is 9.84 Å². The van der Waals surface area contributed by atoms with Gasteiger partial charge in [-0.15, -0.1) is 11.6 Å². The summed E-state index contributed by atoms with van der Waals surface area (Å²) in [5.74, 6) is 0.269. The topological polar surface area (TPSA) is 34.1 Å². The van der Waals surface area contributed by atoms with Crippen LogP contribution in [0.25, 0.3) is 0 Å². The van der Waals surface area contributed by atoms with Crippen molar-refractivity contribution in [2.45, 2.75) is 38.3 Å². The SMILES string of the molecule is O=S(=O)(CCCCl)CCCCCC(F)(F)F. The Labute approximate surface area is 99.1 Å². The predicted molar refractivity (Wildman–Crippen MR) is 58.5 cm³/mol. The van der Waals surface area contributed by atoms with Crippen LogP contribution in [-0.4, -0.2) is 32.0 Å². The molecule has 0 aromatic rings. The summed E-state index contributed by atoms with van der Waals surface area (Å²) in [5.41, 5.74) is 0. The van der Waals surface area contributed by atoms with Crippen molar-refractivity contribution in [3.8, 4) is 0 Å². The van der Waals surface area contributed by atoms with E-state index in [9.17, 15) is 21.6 Å². The smallest absolute Gasteiger partial charge is 0.229 e. The van der Waals surface area contributed by atoms with E-state index in [1.54, 1.807) is 0 Å². The summed E-state index contributed by atoms with van der Waals surface area (Å²) in [4.78, 5) is 0. The molecule has 0 saturated carbocycles. The fraction of sp³-hybridized carbons (Fsp3) is 1.00. The van der Waals surface area contributed by atoms with E-state index in [1.165, 1.54) is 0 Å². The molecule has 0 aromatic heterocycles. The number of hydrogen-bond donors (Lipinski definition) is 0. The standard InChI is InChI=1S/C9H16ClF3O2S/c10-6-4-8-16(14,15)7-3-1-2-5-9(11,12)13/h1-8H2. The van der Waals surface area contributed by atoms with Gasteiger partial charge in [0.2, 0.25) is 0 Å². The van der Waals surface area contributed by atoms with Crippen molar-refractivity contribution < 1.29 is 21.6 Å². The van der Waals surface area contributed by atoms with Gasteiger partial charge in [-0.1, -0.05) is 6.42 Å². The normalized spacial score (nSPS) is 13.0. The molecule has 0 amide bonds. The molecular formula is C9H16ClF3O2S. The van der Waals surface area contributed by atoms with Crippen LogP contribution >= 0.6 is 11.6 Å². The Bertz CT molecular complexity index is 275. The van der Waals surface area contributed by atoms with Gasteiger partial charge >= 0.3 is 6.18 Å². The molecule has 0 radical (unpaired) electrons. The van der Waals surface area contributed by atoms with Crippen LogP contribution in [0, 0.1) is 0 Å². The Hall–Kier alpha value is 0.0300. The zero-order valence-corrected chi connectivity index (χ0v) is 10.5. The lowest BCUT2D eigenvalue weighted by Gasteiger charge is -2.06. The number of sulfone groups is 1. The first-order chi connectivity index (χ1) is 7.27. The first-order valence-electron chi connectivity index (χ1n) is 5.10. The van der Waals surface area contributed by atoms with E-state index in [0.717, 1.165) is 0 Å². The first-order valence-corrected chi connectivity index (χ1v) is 7.45. The predicted octanol–water partition coefficient (Wildman–Crippen LogP) is 3.15. The largest absolute Gasteiger partial charge is 0.389 e. The summed E-state index contributed by atoms with van der Waals surface area (Å²) in [5, 5.41) is 0. The number of halogens is 4. The third kappa shape index (κ3) is 10.5. The van der Waals surface area contributed by atoms with Crippen molar-refractivity contribution in [2.24, 2.45) is 0 Å². The van der Waals surface area contributed by atoms with Gasteiger partial charge in [0, 0.05) is 12.3 Å². The molecule has 0 saturated heterocycles. The van der Waals surface area contributed by atoms with E-state index >= 15 is 0 Å². The average Bonchev–Trinajstić information content (AvgIpc) is 2.12. The molecule has 0 N–H and O–H groups in total. The third-order valence-electron chi connectivity index (χ3n) is 2.00. The molecule has 98 valence electrons. The van der Waals surface area contributed by atoms with Crippen LogP contribution < -0.4 is 0 Å². The van der Waals surface area contributed by atoms with Gasteiger partial charge in [0.25, 0.3) is 0 Å². The third-order valence-corrected chi connectivity index (χ3v) is 4.09. The number of alkyl halides is 4. The summed E-state index contributed by atoms with van der Waals surface area (Å²) < 4.78 is 57.8. The van der Waals surface area contributed by atoms with Crippen molar-refractivity contribution >= 4 is 21.4 Å². The fourth-order valence-electron chi connectivity index (χ4n) is 1.20. The summed E-state index contributed by atoms with van der Waals surface area (Å²) in [7, 11) is -3.13. The molecule has 0 bridgehead atoms. The number of unbranched alkanes of at least 4 members (excludes halogenated alkanes) is 2. The molecule has 0 aliphatic heterocycles. The molecule has 0 spiro atoms. The van der Waals surface area contributed by atoms with E-state index in [1.807, 2.05) is 0 Å². The maximum atomic E-state index is 11.8. The molecular weight excluding hydrogens is 265 g/mol. The minimum Gasteiger partial charge on any atom is -0.229 e. The van der Waals surface area contributed by atoms with Crippen LogP contribution in [0.1, 0.15) is 32.1 Å². The average molecular weight is 281 g/mol. The second-order valence-electron chi connectivity index (χ2n) is 3.62. The molecule has 7 heteroatoms. The van der Waals surface area contributed by atoms with Crippen LogP contribution in [0.2, 0.25) is 0 Å². The Morgan fingerprint density at radius 1 is 0.938 bits per heavy atom. The Kier molecular flexibility index (Phi) is 7.39. The molecule has 0 aliphatic carbocycles. The second-order valence-corrected chi connectivity index (χ2v) is 6.30. The van der Waals surface area contributed by atoms with E-state index in [4.69, 9.17) is 11.6 Å². The molecule has 0 atom stereocenters. The van der Waals surface area contributed by atoms with E-state index in [2.05, 4.69) is 0 Å². The van der Waals surface area contributed by atoms with Gasteiger partial charge in [0.05, 0.1) is 11.5 Å². The highest BCUT2D eigenvalue weighted by atomic mass is 35.5. The summed E-state index contributed by atoms with van der Waals surface area (Å²) in [6, 6.07) is 0. The summed E-state index contributed by atoms with van der Waals surface area (Å²) in [6.45, 7) is 0.